The third-order valence-corrected chi connectivity index (χ3v) is 2.56. The maximum Gasteiger partial charge on any atom is 0.0431 e. The fourth-order valence-electron chi connectivity index (χ4n) is 1.81. The minimum atomic E-state index is 0.0220. The lowest BCUT2D eigenvalue weighted by Crippen LogP contribution is -2.20. The molecule has 1 saturated carbocycles. The number of aromatic nitrogens is 1. The van der Waals surface area contributed by atoms with Crippen LogP contribution in [0.5, 0.6) is 0 Å². The van der Waals surface area contributed by atoms with E-state index in [1.807, 2.05) is 6.20 Å². The molecule has 0 aromatic carbocycles. The lowest BCUT2D eigenvalue weighted by Gasteiger charge is -2.09. The number of aromatic amines is 1. The van der Waals surface area contributed by atoms with Crippen molar-refractivity contribution in [3.63, 3.8) is 0 Å². The Bertz CT molecular complexity index is 262. The summed E-state index contributed by atoms with van der Waals surface area (Å²) in [5.41, 5.74) is 10.0. The van der Waals surface area contributed by atoms with E-state index in [1.165, 1.54) is 16.8 Å². The molecule has 2 nitrogen and oxygen atoms in total. The molecule has 0 bridgehead atoms. The van der Waals surface area contributed by atoms with Crippen molar-refractivity contribution in [2.45, 2.75) is 32.2 Å². The molecule has 1 aromatic heterocycles. The smallest absolute Gasteiger partial charge is 0.0431 e. The van der Waals surface area contributed by atoms with Gasteiger partial charge < -0.3 is 10.7 Å². The first-order valence-corrected chi connectivity index (χ1v) is 4.07. The Labute approximate surface area is 66.8 Å². The monoisotopic (exact) mass is 150 g/mol. The summed E-state index contributed by atoms with van der Waals surface area (Å²) in [6.07, 6.45) is 4.33. The average Bonchev–Trinajstić information content (AvgIpc) is 2.56. The van der Waals surface area contributed by atoms with E-state index in [0.29, 0.717) is 0 Å². The molecule has 2 heteroatoms. The zero-order valence-corrected chi connectivity index (χ0v) is 7.07. The van der Waals surface area contributed by atoms with Gasteiger partial charge in [-0.3, -0.25) is 0 Å². The third-order valence-electron chi connectivity index (χ3n) is 2.56. The van der Waals surface area contributed by atoms with Crippen LogP contribution in [0.2, 0.25) is 0 Å². The van der Waals surface area contributed by atoms with E-state index in [9.17, 15) is 0 Å². The number of H-pyrrole nitrogens is 1. The first-order chi connectivity index (χ1) is 5.13. The van der Waals surface area contributed by atoms with Crippen molar-refractivity contribution in [3.8, 4) is 0 Å². The van der Waals surface area contributed by atoms with Crippen molar-refractivity contribution in [3.05, 3.63) is 23.0 Å². The summed E-state index contributed by atoms with van der Waals surface area (Å²) in [7, 11) is 0. The second-order valence-corrected chi connectivity index (χ2v) is 3.63. The topological polar surface area (TPSA) is 41.8 Å². The van der Waals surface area contributed by atoms with Gasteiger partial charge in [0.2, 0.25) is 0 Å². The predicted octanol–water partition coefficient (Wildman–Crippen LogP) is 1.58. The quantitative estimate of drug-likeness (QED) is 0.627. The van der Waals surface area contributed by atoms with Gasteiger partial charge in [-0.15, -0.1) is 0 Å². The van der Waals surface area contributed by atoms with Crippen LogP contribution in [0, 0.1) is 13.8 Å². The molecule has 1 heterocycles. The Morgan fingerprint density at radius 3 is 2.45 bits per heavy atom. The normalized spacial score (nSPS) is 20.3. The predicted molar refractivity (Wildman–Crippen MR) is 45.4 cm³/mol. The highest BCUT2D eigenvalue weighted by atomic mass is 14.8. The van der Waals surface area contributed by atoms with Crippen LogP contribution < -0.4 is 5.73 Å². The van der Waals surface area contributed by atoms with Crippen molar-refractivity contribution in [2.75, 3.05) is 0 Å². The summed E-state index contributed by atoms with van der Waals surface area (Å²) in [4.78, 5) is 3.20. The number of nitrogens with one attached hydrogen (secondary N) is 1. The Hall–Kier alpha value is -0.760. The van der Waals surface area contributed by atoms with Gasteiger partial charge in [0.15, 0.2) is 0 Å². The summed E-state index contributed by atoms with van der Waals surface area (Å²) >= 11 is 0. The van der Waals surface area contributed by atoms with Gasteiger partial charge in [0.25, 0.3) is 0 Å². The van der Waals surface area contributed by atoms with Crippen molar-refractivity contribution < 1.29 is 0 Å². The van der Waals surface area contributed by atoms with Gasteiger partial charge in [-0.05, 0) is 37.8 Å². The Kier molecular flexibility index (Phi) is 1.19. The molecule has 1 aromatic rings. The van der Waals surface area contributed by atoms with E-state index >= 15 is 0 Å². The minimum absolute atomic E-state index is 0.0220. The highest BCUT2D eigenvalue weighted by molar-refractivity contribution is 5.39. The van der Waals surface area contributed by atoms with Crippen molar-refractivity contribution in [2.24, 2.45) is 5.73 Å². The van der Waals surface area contributed by atoms with Gasteiger partial charge in [0, 0.05) is 17.4 Å². The number of aryl methyl sites for hydroxylation is 2. The van der Waals surface area contributed by atoms with E-state index < -0.39 is 0 Å². The molecule has 2 rings (SSSR count). The lowest BCUT2D eigenvalue weighted by atomic mass is 10.0. The van der Waals surface area contributed by atoms with Crippen LogP contribution in [0.15, 0.2) is 6.20 Å². The SMILES string of the molecule is Cc1c[nH]c(C)c1C1(N)CC1. The number of hydrogen-bond donors (Lipinski definition) is 2. The molecule has 0 unspecified atom stereocenters. The van der Waals surface area contributed by atoms with Crippen LogP contribution in [0.4, 0.5) is 0 Å². The van der Waals surface area contributed by atoms with E-state index in [4.69, 9.17) is 5.73 Å². The summed E-state index contributed by atoms with van der Waals surface area (Å²) < 4.78 is 0. The van der Waals surface area contributed by atoms with Gasteiger partial charge in [-0.2, -0.15) is 0 Å². The van der Waals surface area contributed by atoms with Crippen molar-refractivity contribution in [1.82, 2.24) is 4.98 Å². The maximum atomic E-state index is 6.09. The highest BCUT2D eigenvalue weighted by Crippen LogP contribution is 2.45. The van der Waals surface area contributed by atoms with Gasteiger partial charge in [0.05, 0.1) is 0 Å². The Morgan fingerprint density at radius 2 is 2.09 bits per heavy atom. The summed E-state index contributed by atoms with van der Waals surface area (Å²) in [5.74, 6) is 0. The largest absolute Gasteiger partial charge is 0.365 e. The molecule has 1 fully saturated rings. The van der Waals surface area contributed by atoms with Crippen LogP contribution in [-0.4, -0.2) is 4.98 Å². The summed E-state index contributed by atoms with van der Waals surface area (Å²) in [6, 6.07) is 0. The van der Waals surface area contributed by atoms with E-state index in [-0.39, 0.29) is 5.54 Å². The zero-order chi connectivity index (χ0) is 8.06. The molecule has 0 aliphatic heterocycles. The number of hydrogen-bond acceptors (Lipinski definition) is 1. The van der Waals surface area contributed by atoms with Gasteiger partial charge in [-0.1, -0.05) is 0 Å². The summed E-state index contributed by atoms with van der Waals surface area (Å²) in [5, 5.41) is 0. The molecule has 60 valence electrons. The summed E-state index contributed by atoms with van der Waals surface area (Å²) in [6.45, 7) is 4.21. The molecule has 1 aliphatic carbocycles. The second kappa shape index (κ2) is 1.89. The highest BCUT2D eigenvalue weighted by Gasteiger charge is 2.42. The standard InChI is InChI=1S/C9H14N2/c1-6-5-11-7(2)8(6)9(10)3-4-9/h5,11H,3-4,10H2,1-2H3. The number of rotatable bonds is 1. The van der Waals surface area contributed by atoms with Gasteiger partial charge in [-0.25, -0.2) is 0 Å². The molecule has 11 heavy (non-hydrogen) atoms. The van der Waals surface area contributed by atoms with Crippen LogP contribution in [0.1, 0.15) is 29.7 Å². The van der Waals surface area contributed by atoms with Crippen LogP contribution in [0.25, 0.3) is 0 Å². The molecule has 0 saturated heterocycles. The molecule has 0 atom stereocenters. The molecular formula is C9H14N2. The fourth-order valence-corrected chi connectivity index (χ4v) is 1.81. The Balaban J connectivity index is 2.50. The Morgan fingerprint density at radius 1 is 1.45 bits per heavy atom. The average molecular weight is 150 g/mol. The van der Waals surface area contributed by atoms with Crippen LogP contribution in [-0.2, 0) is 5.54 Å². The molecule has 1 aliphatic rings. The van der Waals surface area contributed by atoms with E-state index in [0.717, 1.165) is 12.8 Å². The van der Waals surface area contributed by atoms with Crippen LogP contribution >= 0.6 is 0 Å². The fraction of sp³-hybridized carbons (Fsp3) is 0.556. The molecule has 0 radical (unpaired) electrons. The third kappa shape index (κ3) is 0.897. The van der Waals surface area contributed by atoms with E-state index in [2.05, 4.69) is 18.8 Å². The van der Waals surface area contributed by atoms with Crippen LogP contribution in [0.3, 0.4) is 0 Å². The first kappa shape index (κ1) is 6.92. The lowest BCUT2D eigenvalue weighted by molar-refractivity contribution is 0.728. The second-order valence-electron chi connectivity index (χ2n) is 3.63. The van der Waals surface area contributed by atoms with Gasteiger partial charge in [0.1, 0.15) is 0 Å². The molecular weight excluding hydrogens is 136 g/mol. The molecule has 0 spiro atoms. The van der Waals surface area contributed by atoms with E-state index in [1.54, 1.807) is 0 Å². The minimum Gasteiger partial charge on any atom is -0.365 e. The van der Waals surface area contributed by atoms with Gasteiger partial charge >= 0.3 is 0 Å². The zero-order valence-electron chi connectivity index (χ0n) is 7.07. The first-order valence-electron chi connectivity index (χ1n) is 4.07. The molecule has 0 amide bonds. The molecule has 3 N–H and O–H groups in total. The maximum absolute atomic E-state index is 6.09. The van der Waals surface area contributed by atoms with Crippen molar-refractivity contribution >= 4 is 0 Å². The van der Waals surface area contributed by atoms with Crippen molar-refractivity contribution in [1.29, 1.82) is 0 Å². The number of nitrogens with two attached hydrogens (primary N) is 1.